The second kappa shape index (κ2) is 8.52. The number of rotatable bonds is 5. The lowest BCUT2D eigenvalue weighted by Crippen LogP contribution is -2.20. The summed E-state index contributed by atoms with van der Waals surface area (Å²) < 4.78 is 40.4. The summed E-state index contributed by atoms with van der Waals surface area (Å²) in [4.78, 5) is 22.6. The normalized spacial score (nSPS) is 10.9. The number of ether oxygens (including phenoxy) is 1. The number of amides is 2. The van der Waals surface area contributed by atoms with Crippen molar-refractivity contribution in [2.24, 2.45) is 0 Å². The van der Waals surface area contributed by atoms with E-state index in [2.05, 4.69) is 15.4 Å². The molecule has 2 N–H and O–H groups in total. The fourth-order valence-corrected chi connectivity index (χ4v) is 2.63. The predicted molar refractivity (Wildman–Crippen MR) is 104 cm³/mol. The smallest absolute Gasteiger partial charge is 0.406 e. The predicted octanol–water partition coefficient (Wildman–Crippen LogP) is 5.80. The van der Waals surface area contributed by atoms with E-state index in [0.29, 0.717) is 16.8 Å². The molecule has 0 aromatic heterocycles. The molecular formula is C20H14F3N3O4. The van der Waals surface area contributed by atoms with Gasteiger partial charge in [-0.15, -0.1) is 13.2 Å². The largest absolute Gasteiger partial charge is 0.573 e. The molecule has 0 radical (unpaired) electrons. The highest BCUT2D eigenvalue weighted by Gasteiger charge is 2.30. The zero-order chi connectivity index (χ0) is 21.7. The third-order valence-corrected chi connectivity index (χ3v) is 3.91. The lowest BCUT2D eigenvalue weighted by Gasteiger charge is -2.13. The zero-order valence-corrected chi connectivity index (χ0v) is 15.1. The minimum absolute atomic E-state index is 0.0557. The van der Waals surface area contributed by atoms with Gasteiger partial charge in [-0.05, 0) is 48.0 Å². The summed E-state index contributed by atoms with van der Waals surface area (Å²) in [6, 6.07) is 16.8. The van der Waals surface area contributed by atoms with Crippen LogP contribution in [0.4, 0.5) is 35.0 Å². The second-order valence-electron chi connectivity index (χ2n) is 6.00. The molecule has 3 aromatic rings. The Morgan fingerprint density at radius 1 is 0.900 bits per heavy atom. The van der Waals surface area contributed by atoms with Crippen molar-refractivity contribution in [2.75, 3.05) is 10.6 Å². The van der Waals surface area contributed by atoms with Gasteiger partial charge in [0.05, 0.1) is 10.6 Å². The molecule has 30 heavy (non-hydrogen) atoms. The van der Waals surface area contributed by atoms with E-state index in [1.54, 1.807) is 36.4 Å². The molecule has 154 valence electrons. The number of halogens is 3. The van der Waals surface area contributed by atoms with Gasteiger partial charge >= 0.3 is 12.4 Å². The van der Waals surface area contributed by atoms with Crippen molar-refractivity contribution in [2.45, 2.75) is 6.36 Å². The van der Waals surface area contributed by atoms with Crippen LogP contribution in [0.15, 0.2) is 72.8 Å². The van der Waals surface area contributed by atoms with E-state index in [9.17, 15) is 28.1 Å². The molecule has 0 saturated heterocycles. The van der Waals surface area contributed by atoms with E-state index in [4.69, 9.17) is 0 Å². The van der Waals surface area contributed by atoms with Gasteiger partial charge in [0.1, 0.15) is 5.75 Å². The summed E-state index contributed by atoms with van der Waals surface area (Å²) in [6.07, 6.45) is -4.80. The van der Waals surface area contributed by atoms with E-state index in [-0.39, 0.29) is 11.4 Å². The van der Waals surface area contributed by atoms with Crippen molar-refractivity contribution in [3.05, 3.63) is 82.9 Å². The van der Waals surface area contributed by atoms with Crippen molar-refractivity contribution in [1.82, 2.24) is 0 Å². The highest BCUT2D eigenvalue weighted by molar-refractivity contribution is 6.02. The number of nitro benzene ring substituents is 1. The first-order chi connectivity index (χ1) is 14.2. The summed E-state index contributed by atoms with van der Waals surface area (Å²) in [5.41, 5.74) is 1.94. The Balaban J connectivity index is 1.71. The minimum atomic E-state index is -4.80. The fourth-order valence-electron chi connectivity index (χ4n) is 2.63. The molecule has 0 spiro atoms. The maximum absolute atomic E-state index is 12.3. The Labute approximate surface area is 168 Å². The first kappa shape index (κ1) is 20.6. The monoisotopic (exact) mass is 417 g/mol. The molecule has 0 unspecified atom stereocenters. The Kier molecular flexibility index (Phi) is 5.86. The van der Waals surface area contributed by atoms with Gasteiger partial charge in [-0.1, -0.05) is 18.2 Å². The standard InChI is InChI=1S/C20H14F3N3O4/c21-20(22,23)30-16-11-7-14(8-12-16)24-19(27)25-18-4-2-1-3-17(18)13-5-9-15(10-6-13)26(28)29/h1-12H,(H2,24,25,27). The van der Waals surface area contributed by atoms with Gasteiger partial charge in [0.2, 0.25) is 0 Å². The molecule has 0 fully saturated rings. The molecule has 0 saturated carbocycles. The Morgan fingerprint density at radius 3 is 2.13 bits per heavy atom. The van der Waals surface area contributed by atoms with E-state index in [1.165, 1.54) is 24.3 Å². The van der Waals surface area contributed by atoms with E-state index in [0.717, 1.165) is 12.1 Å². The molecule has 3 aromatic carbocycles. The molecule has 0 heterocycles. The van der Waals surface area contributed by atoms with E-state index >= 15 is 0 Å². The average Bonchev–Trinajstić information content (AvgIpc) is 2.69. The maximum atomic E-state index is 12.3. The van der Waals surface area contributed by atoms with Gasteiger partial charge in [0.25, 0.3) is 5.69 Å². The highest BCUT2D eigenvalue weighted by Crippen LogP contribution is 2.29. The van der Waals surface area contributed by atoms with Gasteiger partial charge in [-0.25, -0.2) is 4.79 Å². The number of carbonyl (C=O) groups is 1. The van der Waals surface area contributed by atoms with Crippen LogP contribution in [-0.4, -0.2) is 17.3 Å². The number of hydrogen-bond donors (Lipinski definition) is 2. The number of urea groups is 1. The maximum Gasteiger partial charge on any atom is 0.573 e. The molecule has 0 aliphatic rings. The van der Waals surface area contributed by atoms with Crippen LogP contribution in [0.25, 0.3) is 11.1 Å². The molecule has 0 aliphatic carbocycles. The molecular weight excluding hydrogens is 403 g/mol. The fraction of sp³-hybridized carbons (Fsp3) is 0.0500. The van der Waals surface area contributed by atoms with Gasteiger partial charge in [-0.2, -0.15) is 0 Å². The third-order valence-electron chi connectivity index (χ3n) is 3.91. The number of nitrogens with zero attached hydrogens (tertiary/aromatic N) is 1. The second-order valence-corrected chi connectivity index (χ2v) is 6.00. The molecule has 0 aliphatic heterocycles. The van der Waals surface area contributed by atoms with Crippen molar-refractivity contribution in [3.63, 3.8) is 0 Å². The van der Waals surface area contributed by atoms with Crippen LogP contribution < -0.4 is 15.4 Å². The Hall–Kier alpha value is -4.08. The number of nitro groups is 1. The summed E-state index contributed by atoms with van der Waals surface area (Å²) in [5, 5.41) is 16.0. The van der Waals surface area contributed by atoms with Gasteiger partial charge < -0.3 is 15.4 Å². The first-order valence-corrected chi connectivity index (χ1v) is 8.49. The van der Waals surface area contributed by atoms with Crippen LogP contribution in [0, 0.1) is 10.1 Å². The van der Waals surface area contributed by atoms with Gasteiger partial charge in [0.15, 0.2) is 0 Å². The average molecular weight is 417 g/mol. The van der Waals surface area contributed by atoms with Crippen LogP contribution >= 0.6 is 0 Å². The SMILES string of the molecule is O=C(Nc1ccc(OC(F)(F)F)cc1)Nc1ccccc1-c1ccc([N+](=O)[O-])cc1. The molecule has 0 bridgehead atoms. The number of nitrogens with one attached hydrogen (secondary N) is 2. The number of hydrogen-bond acceptors (Lipinski definition) is 4. The Morgan fingerprint density at radius 2 is 1.53 bits per heavy atom. The first-order valence-electron chi connectivity index (χ1n) is 8.49. The number of non-ortho nitro benzene ring substituents is 1. The molecule has 3 rings (SSSR count). The lowest BCUT2D eigenvalue weighted by atomic mass is 10.0. The van der Waals surface area contributed by atoms with Crippen LogP contribution in [0.5, 0.6) is 5.75 Å². The zero-order valence-electron chi connectivity index (χ0n) is 15.1. The van der Waals surface area contributed by atoms with Crippen LogP contribution in [0.1, 0.15) is 0 Å². The topological polar surface area (TPSA) is 93.5 Å². The quantitative estimate of drug-likeness (QED) is 0.405. The van der Waals surface area contributed by atoms with Crippen molar-refractivity contribution in [3.8, 4) is 16.9 Å². The van der Waals surface area contributed by atoms with Crippen molar-refractivity contribution in [1.29, 1.82) is 0 Å². The molecule has 2 amide bonds. The molecule has 7 nitrogen and oxygen atoms in total. The van der Waals surface area contributed by atoms with Crippen LogP contribution in [0.2, 0.25) is 0 Å². The Bertz CT molecular complexity index is 1050. The number of carbonyl (C=O) groups excluding carboxylic acids is 1. The van der Waals surface area contributed by atoms with Crippen molar-refractivity contribution >= 4 is 23.1 Å². The highest BCUT2D eigenvalue weighted by atomic mass is 19.4. The van der Waals surface area contributed by atoms with E-state index in [1.807, 2.05) is 0 Å². The molecule has 10 heteroatoms. The van der Waals surface area contributed by atoms with Crippen LogP contribution in [0.3, 0.4) is 0 Å². The third kappa shape index (κ3) is 5.47. The van der Waals surface area contributed by atoms with Crippen molar-refractivity contribution < 1.29 is 27.6 Å². The summed E-state index contributed by atoms with van der Waals surface area (Å²) in [6.45, 7) is 0. The van der Waals surface area contributed by atoms with Gasteiger partial charge in [0, 0.05) is 23.4 Å². The van der Waals surface area contributed by atoms with Crippen LogP contribution in [-0.2, 0) is 0 Å². The molecule has 0 atom stereocenters. The summed E-state index contributed by atoms with van der Waals surface area (Å²) in [5.74, 6) is -0.406. The number of alkyl halides is 3. The number of anilines is 2. The minimum Gasteiger partial charge on any atom is -0.406 e. The van der Waals surface area contributed by atoms with E-state index < -0.39 is 23.1 Å². The summed E-state index contributed by atoms with van der Waals surface area (Å²) in [7, 11) is 0. The van der Waals surface area contributed by atoms with Gasteiger partial charge in [-0.3, -0.25) is 10.1 Å². The number of benzene rings is 3. The summed E-state index contributed by atoms with van der Waals surface area (Å²) >= 11 is 0. The lowest BCUT2D eigenvalue weighted by molar-refractivity contribution is -0.384. The number of para-hydroxylation sites is 1.